The first-order chi connectivity index (χ1) is 10.2. The highest BCUT2D eigenvalue weighted by Gasteiger charge is 2.26. The average molecular weight is 305 g/mol. The molecule has 6 heteroatoms. The predicted molar refractivity (Wildman–Crippen MR) is 82.7 cm³/mol. The number of carbonyl (C=O) groups excluding carboxylic acids is 1. The topological polar surface area (TPSA) is 66.6 Å². The van der Waals surface area contributed by atoms with E-state index < -0.39 is 0 Å². The molecule has 2 atom stereocenters. The van der Waals surface area contributed by atoms with Gasteiger partial charge in [0.15, 0.2) is 10.9 Å². The number of hydrogen-bond donors (Lipinski definition) is 2. The molecule has 2 unspecified atom stereocenters. The van der Waals surface area contributed by atoms with Crippen LogP contribution < -0.4 is 5.32 Å². The molecule has 2 aromatic rings. The third kappa shape index (κ3) is 2.78. The van der Waals surface area contributed by atoms with Gasteiger partial charge in [-0.1, -0.05) is 24.2 Å². The molecule has 2 heterocycles. The molecule has 1 aliphatic rings. The number of fused-ring (bicyclic) bond motifs is 1. The van der Waals surface area contributed by atoms with Gasteiger partial charge in [-0.05, 0) is 31.2 Å². The number of nitrogens with zero attached hydrogens (tertiary/aromatic N) is 2. The Hall–Kier alpha value is -1.53. The van der Waals surface area contributed by atoms with E-state index in [-0.39, 0.29) is 17.9 Å². The SMILES string of the molecule is CSc1nc(C(=O)NCC2CCCC2O)c2ccccn12. The second kappa shape index (κ2) is 6.07. The van der Waals surface area contributed by atoms with Crippen LogP contribution >= 0.6 is 11.8 Å². The van der Waals surface area contributed by atoms with Crippen LogP contribution in [0.4, 0.5) is 0 Å². The van der Waals surface area contributed by atoms with Gasteiger partial charge in [-0.3, -0.25) is 9.20 Å². The Balaban J connectivity index is 1.78. The normalized spacial score (nSPS) is 21.8. The Labute approximate surface area is 127 Å². The van der Waals surface area contributed by atoms with Crippen LogP contribution in [-0.2, 0) is 0 Å². The molecule has 0 saturated heterocycles. The van der Waals surface area contributed by atoms with Crippen LogP contribution in [0, 0.1) is 5.92 Å². The van der Waals surface area contributed by atoms with Crippen molar-refractivity contribution in [1.29, 1.82) is 0 Å². The van der Waals surface area contributed by atoms with Gasteiger partial charge in [0.2, 0.25) is 0 Å². The number of imidazole rings is 1. The summed E-state index contributed by atoms with van der Waals surface area (Å²) in [5.41, 5.74) is 1.26. The first-order valence-electron chi connectivity index (χ1n) is 7.18. The molecule has 21 heavy (non-hydrogen) atoms. The van der Waals surface area contributed by atoms with Crippen LogP contribution in [0.25, 0.3) is 5.52 Å². The molecule has 1 fully saturated rings. The van der Waals surface area contributed by atoms with Gasteiger partial charge >= 0.3 is 0 Å². The van der Waals surface area contributed by atoms with Crippen molar-refractivity contribution >= 4 is 23.2 Å². The van der Waals surface area contributed by atoms with E-state index in [0.717, 1.165) is 29.9 Å². The Kier molecular flexibility index (Phi) is 4.17. The lowest BCUT2D eigenvalue weighted by Gasteiger charge is -2.14. The van der Waals surface area contributed by atoms with Crippen molar-refractivity contribution in [2.24, 2.45) is 5.92 Å². The lowest BCUT2D eigenvalue weighted by Crippen LogP contribution is -2.32. The number of nitrogens with one attached hydrogen (secondary N) is 1. The smallest absolute Gasteiger partial charge is 0.272 e. The molecule has 0 spiro atoms. The van der Waals surface area contributed by atoms with Crippen LogP contribution in [0.15, 0.2) is 29.6 Å². The number of carbonyl (C=O) groups is 1. The zero-order valence-electron chi connectivity index (χ0n) is 12.0. The zero-order valence-corrected chi connectivity index (χ0v) is 12.8. The molecule has 2 aromatic heterocycles. The number of aliphatic hydroxyl groups is 1. The zero-order chi connectivity index (χ0) is 14.8. The van der Waals surface area contributed by atoms with Gasteiger partial charge in [0.05, 0.1) is 11.6 Å². The number of thioether (sulfide) groups is 1. The summed E-state index contributed by atoms with van der Waals surface area (Å²) in [6.07, 6.45) is 6.41. The van der Waals surface area contributed by atoms with Crippen LogP contribution in [0.3, 0.4) is 0 Å². The van der Waals surface area contributed by atoms with E-state index in [2.05, 4.69) is 10.3 Å². The molecule has 0 radical (unpaired) electrons. The maximum Gasteiger partial charge on any atom is 0.272 e. The van der Waals surface area contributed by atoms with E-state index >= 15 is 0 Å². The number of aromatic nitrogens is 2. The summed E-state index contributed by atoms with van der Waals surface area (Å²) in [6, 6.07) is 5.72. The Morgan fingerprint density at radius 3 is 3.10 bits per heavy atom. The van der Waals surface area contributed by atoms with E-state index in [1.165, 1.54) is 11.8 Å². The third-order valence-electron chi connectivity index (χ3n) is 4.06. The maximum atomic E-state index is 12.4. The summed E-state index contributed by atoms with van der Waals surface area (Å²) in [4.78, 5) is 16.8. The minimum atomic E-state index is -0.286. The molecule has 1 aliphatic carbocycles. The first-order valence-corrected chi connectivity index (χ1v) is 8.40. The van der Waals surface area contributed by atoms with Gasteiger partial charge in [0, 0.05) is 18.7 Å². The Morgan fingerprint density at radius 1 is 1.52 bits per heavy atom. The Bertz CT molecular complexity index is 655. The number of rotatable bonds is 4. The number of amides is 1. The molecule has 2 N–H and O–H groups in total. The second-order valence-electron chi connectivity index (χ2n) is 5.37. The second-order valence-corrected chi connectivity index (χ2v) is 6.14. The minimum Gasteiger partial charge on any atom is -0.393 e. The van der Waals surface area contributed by atoms with E-state index in [1.54, 1.807) is 0 Å². The molecule has 0 aromatic carbocycles. The van der Waals surface area contributed by atoms with Crippen molar-refractivity contribution in [3.8, 4) is 0 Å². The molecule has 0 aliphatic heterocycles. The van der Waals surface area contributed by atoms with Crippen molar-refractivity contribution in [3.05, 3.63) is 30.1 Å². The third-order valence-corrected chi connectivity index (χ3v) is 4.71. The molecule has 1 amide bonds. The van der Waals surface area contributed by atoms with Crippen molar-refractivity contribution in [2.45, 2.75) is 30.5 Å². The minimum absolute atomic E-state index is 0.168. The van der Waals surface area contributed by atoms with E-state index in [4.69, 9.17) is 0 Å². The number of hydrogen-bond acceptors (Lipinski definition) is 4. The molecule has 112 valence electrons. The highest BCUT2D eigenvalue weighted by Crippen LogP contribution is 2.25. The lowest BCUT2D eigenvalue weighted by molar-refractivity contribution is 0.0914. The van der Waals surface area contributed by atoms with Crippen molar-refractivity contribution in [3.63, 3.8) is 0 Å². The fourth-order valence-corrected chi connectivity index (χ4v) is 3.42. The summed E-state index contributed by atoms with van der Waals surface area (Å²) in [6.45, 7) is 0.514. The van der Waals surface area contributed by atoms with E-state index in [0.29, 0.717) is 12.2 Å². The Morgan fingerprint density at radius 2 is 2.38 bits per heavy atom. The van der Waals surface area contributed by atoms with Crippen LogP contribution in [0.5, 0.6) is 0 Å². The van der Waals surface area contributed by atoms with Gasteiger partial charge in [0.25, 0.3) is 5.91 Å². The summed E-state index contributed by atoms with van der Waals surface area (Å²) in [5.74, 6) is 0.000880. The number of aliphatic hydroxyl groups excluding tert-OH is 1. The van der Waals surface area contributed by atoms with Crippen molar-refractivity contribution in [1.82, 2.24) is 14.7 Å². The van der Waals surface area contributed by atoms with Gasteiger partial charge in [-0.2, -0.15) is 0 Å². The highest BCUT2D eigenvalue weighted by atomic mass is 32.2. The van der Waals surface area contributed by atoms with Crippen LogP contribution in [0.1, 0.15) is 29.8 Å². The van der Waals surface area contributed by atoms with Gasteiger partial charge < -0.3 is 10.4 Å². The molecule has 5 nitrogen and oxygen atoms in total. The quantitative estimate of drug-likeness (QED) is 0.847. The monoisotopic (exact) mass is 305 g/mol. The fraction of sp³-hybridized carbons (Fsp3) is 0.467. The first kappa shape index (κ1) is 14.4. The van der Waals surface area contributed by atoms with Crippen LogP contribution in [0.2, 0.25) is 0 Å². The van der Waals surface area contributed by atoms with Crippen LogP contribution in [-0.4, -0.2) is 39.3 Å². The highest BCUT2D eigenvalue weighted by molar-refractivity contribution is 7.98. The molecule has 1 saturated carbocycles. The average Bonchev–Trinajstić information content (AvgIpc) is 3.08. The van der Waals surface area contributed by atoms with Gasteiger partial charge in [-0.25, -0.2) is 4.98 Å². The summed E-state index contributed by atoms with van der Waals surface area (Å²) >= 11 is 1.51. The standard InChI is InChI=1S/C15H19N3O2S/c1-21-15-17-13(11-6-2-3-8-18(11)15)14(20)16-9-10-5-4-7-12(10)19/h2-3,6,8,10,12,19H,4-5,7,9H2,1H3,(H,16,20). The summed E-state index contributed by atoms with van der Waals surface area (Å²) in [7, 11) is 0. The predicted octanol–water partition coefficient (Wildman–Crippen LogP) is 1.95. The molecular weight excluding hydrogens is 286 g/mol. The largest absolute Gasteiger partial charge is 0.393 e. The molecule has 3 rings (SSSR count). The fourth-order valence-electron chi connectivity index (χ4n) is 2.88. The van der Waals surface area contributed by atoms with Gasteiger partial charge in [0.1, 0.15) is 0 Å². The summed E-state index contributed by atoms with van der Waals surface area (Å²) < 4.78 is 1.92. The van der Waals surface area contributed by atoms with E-state index in [1.807, 2.05) is 35.1 Å². The van der Waals surface area contributed by atoms with Crippen molar-refractivity contribution in [2.75, 3.05) is 12.8 Å². The maximum absolute atomic E-state index is 12.4. The molecular formula is C15H19N3O2S. The van der Waals surface area contributed by atoms with Crippen molar-refractivity contribution < 1.29 is 9.90 Å². The van der Waals surface area contributed by atoms with Gasteiger partial charge in [-0.15, -0.1) is 0 Å². The summed E-state index contributed by atoms with van der Waals surface area (Å²) in [5, 5.41) is 13.5. The van der Waals surface area contributed by atoms with E-state index in [9.17, 15) is 9.90 Å². The molecule has 0 bridgehead atoms. The number of pyridine rings is 1. The lowest BCUT2D eigenvalue weighted by atomic mass is 10.1.